The van der Waals surface area contributed by atoms with Gasteiger partial charge in [-0.05, 0) is 61.6 Å². The van der Waals surface area contributed by atoms with E-state index < -0.39 is 10.0 Å². The van der Waals surface area contributed by atoms with Gasteiger partial charge in [0.05, 0.1) is 12.0 Å². The van der Waals surface area contributed by atoms with Gasteiger partial charge in [-0.25, -0.2) is 13.1 Å². The van der Waals surface area contributed by atoms with E-state index >= 15 is 0 Å². The molecule has 31 heavy (non-hydrogen) atoms. The van der Waals surface area contributed by atoms with Gasteiger partial charge in [0.25, 0.3) is 5.91 Å². The van der Waals surface area contributed by atoms with Gasteiger partial charge >= 0.3 is 0 Å². The van der Waals surface area contributed by atoms with Crippen LogP contribution in [0.1, 0.15) is 29.0 Å². The van der Waals surface area contributed by atoms with Crippen molar-refractivity contribution in [1.29, 1.82) is 0 Å². The third-order valence-electron chi connectivity index (χ3n) is 5.77. The van der Waals surface area contributed by atoms with Gasteiger partial charge in [-0.15, -0.1) is 0 Å². The highest BCUT2D eigenvalue weighted by atomic mass is 32.2. The highest BCUT2D eigenvalue weighted by Crippen LogP contribution is 2.24. The number of likely N-dealkylation sites (tertiary alicyclic amines) is 1. The molecule has 0 aliphatic carbocycles. The molecule has 1 aromatic heterocycles. The molecule has 0 bridgehead atoms. The number of ether oxygens (including phenoxy) is 1. The number of sulfonamides is 1. The van der Waals surface area contributed by atoms with E-state index in [9.17, 15) is 13.2 Å². The Balaban J connectivity index is 1.33. The molecule has 1 fully saturated rings. The SMILES string of the molecule is COc1ccc(S(=O)(=O)NCC2CCN(C(=O)c3cc4ccccc4o3)CC2)c(C)c1. The molecule has 0 unspecified atom stereocenters. The first-order valence-electron chi connectivity index (χ1n) is 10.3. The molecule has 1 aliphatic rings. The molecule has 1 N–H and O–H groups in total. The Morgan fingerprint density at radius 3 is 2.58 bits per heavy atom. The summed E-state index contributed by atoms with van der Waals surface area (Å²) in [5, 5.41) is 0.906. The van der Waals surface area contributed by atoms with Gasteiger partial charge in [0.1, 0.15) is 11.3 Å². The molecular formula is C23H26N2O5S. The van der Waals surface area contributed by atoms with Gasteiger partial charge in [0.2, 0.25) is 10.0 Å². The third kappa shape index (κ3) is 4.60. The highest BCUT2D eigenvalue weighted by Gasteiger charge is 2.27. The minimum absolute atomic E-state index is 0.121. The van der Waals surface area contributed by atoms with Crippen molar-refractivity contribution in [3.8, 4) is 5.75 Å². The smallest absolute Gasteiger partial charge is 0.289 e. The van der Waals surface area contributed by atoms with Gasteiger partial charge in [-0.1, -0.05) is 18.2 Å². The zero-order valence-corrected chi connectivity index (χ0v) is 18.4. The predicted molar refractivity (Wildman–Crippen MR) is 118 cm³/mol. The number of fused-ring (bicyclic) bond motifs is 1. The van der Waals surface area contributed by atoms with Crippen LogP contribution in [-0.4, -0.2) is 46.0 Å². The number of nitrogens with zero attached hydrogens (tertiary/aromatic N) is 1. The van der Waals surface area contributed by atoms with Crippen molar-refractivity contribution in [1.82, 2.24) is 9.62 Å². The largest absolute Gasteiger partial charge is 0.497 e. The Bertz CT molecular complexity index is 1160. The summed E-state index contributed by atoms with van der Waals surface area (Å²) in [6.07, 6.45) is 1.46. The van der Waals surface area contributed by atoms with Crippen molar-refractivity contribution in [2.24, 2.45) is 5.92 Å². The quantitative estimate of drug-likeness (QED) is 0.630. The van der Waals surface area contributed by atoms with Crippen LogP contribution in [0.15, 0.2) is 57.8 Å². The fourth-order valence-electron chi connectivity index (χ4n) is 3.94. The van der Waals surface area contributed by atoms with Crippen LogP contribution in [0.3, 0.4) is 0 Å². The van der Waals surface area contributed by atoms with Crippen LogP contribution < -0.4 is 9.46 Å². The van der Waals surface area contributed by atoms with Crippen molar-refractivity contribution in [2.45, 2.75) is 24.7 Å². The van der Waals surface area contributed by atoms with E-state index in [1.54, 1.807) is 43.2 Å². The maximum absolute atomic E-state index is 12.8. The molecule has 3 aromatic rings. The molecule has 0 saturated carbocycles. The second-order valence-corrected chi connectivity index (χ2v) is 9.60. The number of carbonyl (C=O) groups excluding carboxylic acids is 1. The van der Waals surface area contributed by atoms with E-state index in [4.69, 9.17) is 9.15 Å². The summed E-state index contributed by atoms with van der Waals surface area (Å²) in [6, 6.07) is 14.2. The fraction of sp³-hybridized carbons (Fsp3) is 0.348. The van der Waals surface area contributed by atoms with Crippen LogP contribution in [0, 0.1) is 12.8 Å². The number of benzene rings is 2. The van der Waals surface area contributed by atoms with Gasteiger partial charge < -0.3 is 14.1 Å². The molecule has 2 aromatic carbocycles. The van der Waals surface area contributed by atoms with Gasteiger partial charge in [-0.2, -0.15) is 0 Å². The first kappa shape index (κ1) is 21.4. The first-order chi connectivity index (χ1) is 14.9. The molecular weight excluding hydrogens is 416 g/mol. The van der Waals surface area contributed by atoms with Crippen molar-refractivity contribution in [3.05, 3.63) is 59.9 Å². The van der Waals surface area contributed by atoms with Crippen LogP contribution in [0.25, 0.3) is 11.0 Å². The summed E-state index contributed by atoms with van der Waals surface area (Å²) in [7, 11) is -2.06. The molecule has 0 radical (unpaired) electrons. The number of rotatable bonds is 6. The fourth-order valence-corrected chi connectivity index (χ4v) is 5.28. The zero-order chi connectivity index (χ0) is 22.0. The summed E-state index contributed by atoms with van der Waals surface area (Å²) in [6.45, 7) is 3.24. The van der Waals surface area contributed by atoms with Crippen LogP contribution in [0.5, 0.6) is 5.75 Å². The molecule has 1 amide bonds. The summed E-state index contributed by atoms with van der Waals surface area (Å²) < 4.78 is 39.0. The lowest BCUT2D eigenvalue weighted by molar-refractivity contribution is 0.0662. The first-order valence-corrected chi connectivity index (χ1v) is 11.8. The Kier molecular flexibility index (Phi) is 6.02. The lowest BCUT2D eigenvalue weighted by Gasteiger charge is -2.31. The summed E-state index contributed by atoms with van der Waals surface area (Å²) in [5.41, 5.74) is 1.34. The number of nitrogens with one attached hydrogen (secondary N) is 1. The summed E-state index contributed by atoms with van der Waals surface area (Å²) >= 11 is 0. The molecule has 8 heteroatoms. The van der Waals surface area contributed by atoms with E-state index in [1.165, 1.54) is 0 Å². The van der Waals surface area contributed by atoms with Crippen molar-refractivity contribution in [2.75, 3.05) is 26.7 Å². The Morgan fingerprint density at radius 1 is 1.16 bits per heavy atom. The summed E-state index contributed by atoms with van der Waals surface area (Å²) in [4.78, 5) is 14.8. The maximum Gasteiger partial charge on any atom is 0.289 e. The number of para-hydroxylation sites is 1. The Hall–Kier alpha value is -2.84. The second kappa shape index (κ2) is 8.72. The van der Waals surface area contributed by atoms with E-state index in [0.29, 0.717) is 42.3 Å². The van der Waals surface area contributed by atoms with Gasteiger partial charge in [-0.3, -0.25) is 4.79 Å². The van der Waals surface area contributed by atoms with Crippen molar-refractivity contribution in [3.63, 3.8) is 0 Å². The molecule has 1 aliphatic heterocycles. The van der Waals surface area contributed by atoms with Crippen LogP contribution in [-0.2, 0) is 10.0 Å². The molecule has 4 rings (SSSR count). The highest BCUT2D eigenvalue weighted by molar-refractivity contribution is 7.89. The third-order valence-corrected chi connectivity index (χ3v) is 7.36. The molecule has 164 valence electrons. The van der Waals surface area contributed by atoms with E-state index in [-0.39, 0.29) is 16.7 Å². The van der Waals surface area contributed by atoms with Gasteiger partial charge in [0, 0.05) is 25.0 Å². The number of piperidine rings is 1. The number of aryl methyl sites for hydroxylation is 1. The molecule has 7 nitrogen and oxygen atoms in total. The topological polar surface area (TPSA) is 88.9 Å². The number of amides is 1. The summed E-state index contributed by atoms with van der Waals surface area (Å²) in [5.74, 6) is 1.02. The minimum Gasteiger partial charge on any atom is -0.497 e. The Labute approximate surface area is 182 Å². The van der Waals surface area contributed by atoms with Crippen molar-refractivity contribution < 1.29 is 22.4 Å². The Morgan fingerprint density at radius 2 is 1.90 bits per heavy atom. The maximum atomic E-state index is 12.8. The standard InChI is InChI=1S/C23H26N2O5S/c1-16-13-19(29-2)7-8-22(16)31(27,28)24-15-17-9-11-25(12-10-17)23(26)21-14-18-5-3-4-6-20(18)30-21/h3-8,13-14,17,24H,9-12,15H2,1-2H3. The monoisotopic (exact) mass is 442 g/mol. The lowest BCUT2D eigenvalue weighted by Crippen LogP contribution is -2.41. The number of methoxy groups -OCH3 is 1. The predicted octanol–water partition coefficient (Wildman–Crippen LogP) is 3.58. The average Bonchev–Trinajstić information content (AvgIpc) is 3.21. The zero-order valence-electron chi connectivity index (χ0n) is 17.6. The number of carbonyl (C=O) groups is 1. The second-order valence-electron chi connectivity index (χ2n) is 7.87. The van der Waals surface area contributed by atoms with E-state index in [2.05, 4.69) is 4.72 Å². The molecule has 1 saturated heterocycles. The van der Waals surface area contributed by atoms with Crippen LogP contribution in [0.2, 0.25) is 0 Å². The minimum atomic E-state index is -3.60. The molecule has 0 atom stereocenters. The van der Waals surface area contributed by atoms with Crippen LogP contribution >= 0.6 is 0 Å². The van der Waals surface area contributed by atoms with E-state index in [0.717, 1.165) is 18.2 Å². The normalized spacial score (nSPS) is 15.4. The number of furan rings is 1. The number of hydrogen-bond donors (Lipinski definition) is 1. The van der Waals surface area contributed by atoms with Crippen molar-refractivity contribution >= 4 is 26.9 Å². The number of hydrogen-bond acceptors (Lipinski definition) is 5. The van der Waals surface area contributed by atoms with E-state index in [1.807, 2.05) is 24.3 Å². The van der Waals surface area contributed by atoms with Gasteiger partial charge in [0.15, 0.2) is 5.76 Å². The molecule has 0 spiro atoms. The molecule has 2 heterocycles. The lowest BCUT2D eigenvalue weighted by atomic mass is 9.97. The van der Waals surface area contributed by atoms with Crippen LogP contribution in [0.4, 0.5) is 0 Å². The average molecular weight is 443 g/mol.